The molecule has 3 heterocycles. The van der Waals surface area contributed by atoms with E-state index in [9.17, 15) is 9.59 Å². The van der Waals surface area contributed by atoms with Crippen LogP contribution in [0.3, 0.4) is 0 Å². The summed E-state index contributed by atoms with van der Waals surface area (Å²) in [6.45, 7) is 4.13. The molecular weight excluding hydrogens is 340 g/mol. The highest BCUT2D eigenvalue weighted by molar-refractivity contribution is 8.01. The molecule has 2 N–H and O–H groups in total. The third kappa shape index (κ3) is 2.84. The standard InChI is InChI=1S/C16H22N6O2S/c1-16(2)12(13-18-20-21-19-13)22-14(24)11(15(22)25-16)17-10(23)8-9-6-4-3-5-7-9/h6,11-12,15H,3-5,7-8H2,1-2H3,(H,17,23)(H,18,19,20,21). The summed E-state index contributed by atoms with van der Waals surface area (Å²) in [5, 5.41) is 17.0. The van der Waals surface area contributed by atoms with Crippen LogP contribution in [0.2, 0.25) is 0 Å². The minimum atomic E-state index is -0.460. The van der Waals surface area contributed by atoms with Gasteiger partial charge in [0.05, 0.1) is 0 Å². The summed E-state index contributed by atoms with van der Waals surface area (Å²) in [6, 6.07) is -0.694. The minimum absolute atomic E-state index is 0.0624. The first-order chi connectivity index (χ1) is 12.0. The summed E-state index contributed by atoms with van der Waals surface area (Å²) in [5.41, 5.74) is 1.19. The van der Waals surface area contributed by atoms with E-state index in [1.165, 1.54) is 12.0 Å². The Morgan fingerprint density at radius 1 is 1.48 bits per heavy atom. The number of rotatable bonds is 4. The number of aromatic nitrogens is 4. The molecule has 1 aromatic heterocycles. The molecule has 8 nitrogen and oxygen atoms in total. The first kappa shape index (κ1) is 16.6. The molecule has 0 spiro atoms. The molecule has 1 aromatic rings. The van der Waals surface area contributed by atoms with Gasteiger partial charge in [-0.2, -0.15) is 5.21 Å². The Balaban J connectivity index is 1.44. The van der Waals surface area contributed by atoms with Crippen LogP contribution >= 0.6 is 11.8 Å². The molecule has 2 saturated heterocycles. The number of H-pyrrole nitrogens is 1. The number of fused-ring (bicyclic) bond motifs is 1. The van der Waals surface area contributed by atoms with Crippen LogP contribution in [-0.4, -0.2) is 53.5 Å². The maximum atomic E-state index is 12.7. The van der Waals surface area contributed by atoms with Crippen LogP contribution in [-0.2, 0) is 9.59 Å². The van der Waals surface area contributed by atoms with Crippen molar-refractivity contribution in [3.8, 4) is 0 Å². The minimum Gasteiger partial charge on any atom is -0.341 e. The molecule has 4 rings (SSSR count). The molecule has 9 heteroatoms. The van der Waals surface area contributed by atoms with Crippen LogP contribution in [0.25, 0.3) is 0 Å². The van der Waals surface area contributed by atoms with Crippen LogP contribution in [0, 0.1) is 0 Å². The van der Waals surface area contributed by atoms with Crippen molar-refractivity contribution < 1.29 is 9.59 Å². The highest BCUT2D eigenvalue weighted by Gasteiger charge is 2.63. The molecule has 2 amide bonds. The lowest BCUT2D eigenvalue weighted by atomic mass is 9.94. The Morgan fingerprint density at radius 2 is 2.32 bits per heavy atom. The van der Waals surface area contributed by atoms with Crippen molar-refractivity contribution in [2.24, 2.45) is 0 Å². The van der Waals surface area contributed by atoms with Crippen molar-refractivity contribution in [1.29, 1.82) is 0 Å². The topological polar surface area (TPSA) is 104 Å². The van der Waals surface area contributed by atoms with Gasteiger partial charge in [0.1, 0.15) is 17.5 Å². The molecular formula is C16H22N6O2S. The summed E-state index contributed by atoms with van der Waals surface area (Å²) in [6.07, 6.45) is 6.96. The number of tetrazole rings is 1. The third-order valence-electron chi connectivity index (χ3n) is 5.14. The third-order valence-corrected chi connectivity index (χ3v) is 6.71. The SMILES string of the molecule is CC1(C)SC2C(NC(=O)CC3=CCCCC3)C(=O)N2C1c1nn[nH]n1. The average molecular weight is 362 g/mol. The van der Waals surface area contributed by atoms with Gasteiger partial charge >= 0.3 is 0 Å². The maximum absolute atomic E-state index is 12.7. The van der Waals surface area contributed by atoms with E-state index in [0.717, 1.165) is 19.3 Å². The van der Waals surface area contributed by atoms with Crippen LogP contribution in [0.15, 0.2) is 11.6 Å². The van der Waals surface area contributed by atoms with Crippen LogP contribution in [0.1, 0.15) is 57.8 Å². The van der Waals surface area contributed by atoms with E-state index in [-0.39, 0.29) is 28.0 Å². The predicted octanol–water partition coefficient (Wildman–Crippen LogP) is 1.31. The Labute approximate surface area is 150 Å². The summed E-state index contributed by atoms with van der Waals surface area (Å²) >= 11 is 1.68. The van der Waals surface area contributed by atoms with Crippen molar-refractivity contribution in [3.63, 3.8) is 0 Å². The number of allylic oxidation sites excluding steroid dienone is 1. The van der Waals surface area contributed by atoms with Crippen LogP contribution in [0.4, 0.5) is 0 Å². The Hall–Kier alpha value is -1.90. The van der Waals surface area contributed by atoms with Gasteiger partial charge in [0.25, 0.3) is 0 Å². The van der Waals surface area contributed by atoms with E-state index in [2.05, 4.69) is 45.9 Å². The van der Waals surface area contributed by atoms with Gasteiger partial charge in [-0.05, 0) is 39.5 Å². The Bertz CT molecular complexity index is 716. The number of amides is 2. The fourth-order valence-corrected chi connectivity index (χ4v) is 5.58. The van der Waals surface area contributed by atoms with E-state index in [1.54, 1.807) is 16.7 Å². The zero-order valence-electron chi connectivity index (χ0n) is 14.4. The summed E-state index contributed by atoms with van der Waals surface area (Å²) in [4.78, 5) is 26.8. The number of nitrogens with zero attached hydrogens (tertiary/aromatic N) is 4. The highest BCUT2D eigenvalue weighted by atomic mass is 32.2. The van der Waals surface area contributed by atoms with E-state index in [1.807, 2.05) is 0 Å². The van der Waals surface area contributed by atoms with Crippen LogP contribution < -0.4 is 5.32 Å². The molecule has 2 fully saturated rings. The van der Waals surface area contributed by atoms with Crippen molar-refractivity contribution >= 4 is 23.6 Å². The van der Waals surface area contributed by atoms with Gasteiger partial charge in [0, 0.05) is 11.2 Å². The smallest absolute Gasteiger partial charge is 0.249 e. The lowest BCUT2D eigenvalue weighted by Crippen LogP contribution is -2.67. The number of nitrogens with one attached hydrogen (secondary N) is 2. The number of aromatic amines is 1. The number of carbonyl (C=O) groups excluding carboxylic acids is 2. The summed E-state index contributed by atoms with van der Waals surface area (Å²) < 4.78 is -0.241. The number of β-lactam (4-membered cyclic amide) rings is 1. The average Bonchev–Trinajstić information content (AvgIpc) is 3.18. The van der Waals surface area contributed by atoms with Gasteiger partial charge < -0.3 is 10.2 Å². The summed E-state index contributed by atoms with van der Waals surface area (Å²) in [7, 11) is 0. The highest BCUT2D eigenvalue weighted by Crippen LogP contribution is 2.56. The molecule has 1 aliphatic carbocycles. The maximum Gasteiger partial charge on any atom is 0.249 e. The molecule has 3 unspecified atom stereocenters. The second-order valence-corrected chi connectivity index (χ2v) is 9.13. The first-order valence-corrected chi connectivity index (χ1v) is 9.56. The molecule has 0 aromatic carbocycles. The second-order valence-electron chi connectivity index (χ2n) is 7.36. The molecule has 0 bridgehead atoms. The lowest BCUT2D eigenvalue weighted by Gasteiger charge is -2.44. The van der Waals surface area contributed by atoms with Crippen molar-refractivity contribution in [2.75, 3.05) is 0 Å². The van der Waals surface area contributed by atoms with Crippen LogP contribution in [0.5, 0.6) is 0 Å². The predicted molar refractivity (Wildman–Crippen MR) is 92.3 cm³/mol. The molecule has 0 saturated carbocycles. The lowest BCUT2D eigenvalue weighted by molar-refractivity contribution is -0.151. The van der Waals surface area contributed by atoms with Gasteiger partial charge in [-0.15, -0.1) is 22.0 Å². The quantitative estimate of drug-likeness (QED) is 0.618. The number of hydrogen-bond acceptors (Lipinski definition) is 6. The molecule has 0 radical (unpaired) electrons. The second kappa shape index (κ2) is 6.12. The number of thioether (sulfide) groups is 1. The monoisotopic (exact) mass is 362 g/mol. The van der Waals surface area contributed by atoms with E-state index < -0.39 is 6.04 Å². The van der Waals surface area contributed by atoms with Gasteiger partial charge in [-0.3, -0.25) is 9.59 Å². The molecule has 2 aliphatic heterocycles. The van der Waals surface area contributed by atoms with Gasteiger partial charge in [0.15, 0.2) is 5.82 Å². The van der Waals surface area contributed by atoms with E-state index in [0.29, 0.717) is 12.2 Å². The number of hydrogen-bond donors (Lipinski definition) is 2. The van der Waals surface area contributed by atoms with E-state index in [4.69, 9.17) is 0 Å². The van der Waals surface area contributed by atoms with Crippen molar-refractivity contribution in [1.82, 2.24) is 30.8 Å². The fourth-order valence-electron chi connectivity index (χ4n) is 3.95. The van der Waals surface area contributed by atoms with Gasteiger partial charge in [0.2, 0.25) is 11.8 Å². The zero-order valence-corrected chi connectivity index (χ0v) is 15.2. The summed E-state index contributed by atoms with van der Waals surface area (Å²) in [5.74, 6) is 0.391. The van der Waals surface area contributed by atoms with Crippen molar-refractivity contribution in [2.45, 2.75) is 68.2 Å². The number of carbonyl (C=O) groups is 2. The van der Waals surface area contributed by atoms with Gasteiger partial charge in [-0.1, -0.05) is 16.9 Å². The van der Waals surface area contributed by atoms with Crippen molar-refractivity contribution in [3.05, 3.63) is 17.5 Å². The molecule has 3 atom stereocenters. The Morgan fingerprint density at radius 3 is 3.00 bits per heavy atom. The van der Waals surface area contributed by atoms with E-state index >= 15 is 0 Å². The van der Waals surface area contributed by atoms with Gasteiger partial charge in [-0.25, -0.2) is 0 Å². The molecule has 25 heavy (non-hydrogen) atoms. The fraction of sp³-hybridized carbons (Fsp3) is 0.688. The largest absolute Gasteiger partial charge is 0.341 e. The Kier molecular flexibility index (Phi) is 4.05. The normalized spacial score (nSPS) is 30.5. The zero-order chi connectivity index (χ0) is 17.6. The first-order valence-electron chi connectivity index (χ1n) is 8.68. The molecule has 134 valence electrons. The molecule has 3 aliphatic rings.